The molecule has 2 aliphatic heterocycles. The molecule has 0 radical (unpaired) electrons. The average molecular weight is 543 g/mol. The van der Waals surface area contributed by atoms with Crippen LogP contribution in [-0.2, 0) is 6.54 Å². The highest BCUT2D eigenvalue weighted by atomic mass is 127. The Labute approximate surface area is 206 Å². The Morgan fingerprint density at radius 1 is 1.03 bits per heavy atom. The summed E-state index contributed by atoms with van der Waals surface area (Å²) in [4.78, 5) is 12.5. The largest absolute Gasteiger partial charge is 0.357 e. The number of likely N-dealkylation sites (tertiary alicyclic amines) is 1. The third-order valence-corrected chi connectivity index (χ3v) is 6.32. The predicted molar refractivity (Wildman–Crippen MR) is 142 cm³/mol. The number of hydrogen-bond acceptors (Lipinski definition) is 4. The van der Waals surface area contributed by atoms with Crippen molar-refractivity contribution in [2.75, 3.05) is 66.0 Å². The number of nitrogens with zero attached hydrogens (tertiary/aromatic N) is 4. The third-order valence-electron chi connectivity index (χ3n) is 6.32. The van der Waals surface area contributed by atoms with Crippen LogP contribution in [0.1, 0.15) is 38.2 Å². The quantitative estimate of drug-likeness (QED) is 0.206. The molecule has 1 unspecified atom stereocenters. The fourth-order valence-electron chi connectivity index (χ4n) is 4.41. The monoisotopic (exact) mass is 542 g/mol. The van der Waals surface area contributed by atoms with Gasteiger partial charge in [-0.25, -0.2) is 0 Å². The van der Waals surface area contributed by atoms with E-state index in [9.17, 15) is 0 Å². The van der Waals surface area contributed by atoms with E-state index in [1.165, 1.54) is 70.5 Å². The maximum Gasteiger partial charge on any atom is 0.191 e. The van der Waals surface area contributed by atoms with Crippen LogP contribution in [0.3, 0.4) is 0 Å². The van der Waals surface area contributed by atoms with Gasteiger partial charge in [0.05, 0.1) is 6.54 Å². The van der Waals surface area contributed by atoms with Crippen molar-refractivity contribution in [1.82, 2.24) is 25.3 Å². The first-order valence-electron chi connectivity index (χ1n) is 12.0. The lowest BCUT2D eigenvalue weighted by Crippen LogP contribution is -2.44. The molecule has 2 fully saturated rings. The maximum absolute atomic E-state index is 4.92. The van der Waals surface area contributed by atoms with E-state index >= 15 is 0 Å². The molecule has 2 aliphatic rings. The number of piperazine rings is 1. The number of likely N-dealkylation sites (N-methyl/N-ethyl adjacent to an activating group) is 1. The Morgan fingerprint density at radius 2 is 1.81 bits per heavy atom. The van der Waals surface area contributed by atoms with Crippen LogP contribution in [0, 0.1) is 0 Å². The van der Waals surface area contributed by atoms with Crippen LogP contribution in [0.15, 0.2) is 35.3 Å². The van der Waals surface area contributed by atoms with Crippen molar-refractivity contribution in [2.24, 2.45) is 4.99 Å². The second-order valence-electron chi connectivity index (χ2n) is 8.75. The van der Waals surface area contributed by atoms with E-state index in [-0.39, 0.29) is 24.0 Å². The van der Waals surface area contributed by atoms with Crippen LogP contribution in [0.2, 0.25) is 0 Å². The number of hydrogen-bond donors (Lipinski definition) is 2. The summed E-state index contributed by atoms with van der Waals surface area (Å²) in [5.74, 6) is 0.976. The van der Waals surface area contributed by atoms with Crippen molar-refractivity contribution in [3.63, 3.8) is 0 Å². The molecule has 0 amide bonds. The van der Waals surface area contributed by atoms with Gasteiger partial charge in [-0.1, -0.05) is 30.3 Å². The summed E-state index contributed by atoms with van der Waals surface area (Å²) in [6.07, 6.45) is 4.98. The fourth-order valence-corrected chi connectivity index (χ4v) is 4.41. The first-order valence-corrected chi connectivity index (χ1v) is 12.0. The number of halogens is 1. The Balaban J connectivity index is 0.00000341. The van der Waals surface area contributed by atoms with E-state index in [1.54, 1.807) is 0 Å². The zero-order valence-corrected chi connectivity index (χ0v) is 21.9. The van der Waals surface area contributed by atoms with Crippen LogP contribution in [0.4, 0.5) is 0 Å². The van der Waals surface area contributed by atoms with E-state index < -0.39 is 0 Å². The molecule has 2 N–H and O–H groups in total. The number of guanidine groups is 1. The van der Waals surface area contributed by atoms with Gasteiger partial charge < -0.3 is 20.4 Å². The standard InChI is InChI=1S/C24H42N6.HI/c1-3-25-24(26-13-7-8-14-29-18-16-28(2)17-19-29)27-20-23-12-9-15-30(23)21-22-10-5-4-6-11-22;/h4-6,10-11,23H,3,7-9,12-21H2,1-2H3,(H2,25,26,27);1H. The molecular weight excluding hydrogens is 499 g/mol. The summed E-state index contributed by atoms with van der Waals surface area (Å²) >= 11 is 0. The van der Waals surface area contributed by atoms with Gasteiger partial charge in [-0.2, -0.15) is 0 Å². The third kappa shape index (κ3) is 9.63. The minimum Gasteiger partial charge on any atom is -0.357 e. The Bertz CT molecular complexity index is 618. The lowest BCUT2D eigenvalue weighted by Gasteiger charge is -2.32. The molecule has 0 aliphatic carbocycles. The normalized spacial score (nSPS) is 21.1. The first-order chi connectivity index (χ1) is 14.7. The summed E-state index contributed by atoms with van der Waals surface area (Å²) in [5.41, 5.74) is 1.40. The van der Waals surface area contributed by atoms with Crippen molar-refractivity contribution in [2.45, 2.75) is 45.2 Å². The molecule has 7 heteroatoms. The van der Waals surface area contributed by atoms with Crippen LogP contribution >= 0.6 is 24.0 Å². The molecule has 2 saturated heterocycles. The van der Waals surface area contributed by atoms with Gasteiger partial charge in [0.15, 0.2) is 5.96 Å². The minimum atomic E-state index is 0. The molecular formula is C24H43IN6. The number of benzene rings is 1. The lowest BCUT2D eigenvalue weighted by molar-refractivity contribution is 0.152. The number of nitrogens with one attached hydrogen (secondary N) is 2. The van der Waals surface area contributed by atoms with Crippen molar-refractivity contribution in [3.05, 3.63) is 35.9 Å². The zero-order chi connectivity index (χ0) is 21.0. The number of unbranched alkanes of at least 4 members (excludes halogenated alkanes) is 1. The highest BCUT2D eigenvalue weighted by molar-refractivity contribution is 14.0. The van der Waals surface area contributed by atoms with Gasteiger partial charge in [-0.05, 0) is 58.3 Å². The molecule has 1 aromatic carbocycles. The molecule has 0 bridgehead atoms. The molecule has 0 aromatic heterocycles. The van der Waals surface area contributed by atoms with Crippen molar-refractivity contribution in [3.8, 4) is 0 Å². The van der Waals surface area contributed by atoms with Gasteiger partial charge in [-0.3, -0.25) is 9.89 Å². The van der Waals surface area contributed by atoms with Crippen molar-refractivity contribution in [1.29, 1.82) is 0 Å². The second-order valence-corrected chi connectivity index (χ2v) is 8.75. The summed E-state index contributed by atoms with van der Waals surface area (Å²) in [5, 5.41) is 6.97. The summed E-state index contributed by atoms with van der Waals surface area (Å²) < 4.78 is 0. The number of rotatable bonds is 10. The fraction of sp³-hybridized carbons (Fsp3) is 0.708. The van der Waals surface area contributed by atoms with Crippen LogP contribution in [0.5, 0.6) is 0 Å². The van der Waals surface area contributed by atoms with Gasteiger partial charge in [-0.15, -0.1) is 24.0 Å². The Kier molecular flexibility index (Phi) is 12.8. The molecule has 3 rings (SSSR count). The van der Waals surface area contributed by atoms with Gasteiger partial charge in [0.25, 0.3) is 0 Å². The van der Waals surface area contributed by atoms with Crippen molar-refractivity contribution < 1.29 is 0 Å². The van der Waals surface area contributed by atoms with Crippen LogP contribution in [0.25, 0.3) is 0 Å². The smallest absolute Gasteiger partial charge is 0.191 e. The summed E-state index contributed by atoms with van der Waals surface area (Å²) in [6.45, 7) is 13.2. The van der Waals surface area contributed by atoms with E-state index in [0.29, 0.717) is 6.04 Å². The Hall–Kier alpha value is -0.900. The first kappa shape index (κ1) is 26.4. The molecule has 1 atom stereocenters. The maximum atomic E-state index is 4.92. The van der Waals surface area contributed by atoms with E-state index in [1.807, 2.05) is 0 Å². The van der Waals surface area contributed by atoms with Crippen molar-refractivity contribution >= 4 is 29.9 Å². The van der Waals surface area contributed by atoms with E-state index in [0.717, 1.165) is 32.1 Å². The Morgan fingerprint density at radius 3 is 2.55 bits per heavy atom. The van der Waals surface area contributed by atoms with Gasteiger partial charge >= 0.3 is 0 Å². The molecule has 176 valence electrons. The predicted octanol–water partition coefficient (Wildman–Crippen LogP) is 2.85. The van der Waals surface area contributed by atoms with Crippen LogP contribution in [-0.4, -0.2) is 92.7 Å². The molecule has 31 heavy (non-hydrogen) atoms. The van der Waals surface area contributed by atoms with Gasteiger partial charge in [0, 0.05) is 51.9 Å². The highest BCUT2D eigenvalue weighted by Crippen LogP contribution is 2.20. The molecule has 2 heterocycles. The highest BCUT2D eigenvalue weighted by Gasteiger charge is 2.24. The van der Waals surface area contributed by atoms with Gasteiger partial charge in [0.1, 0.15) is 0 Å². The molecule has 0 spiro atoms. The zero-order valence-electron chi connectivity index (χ0n) is 19.6. The summed E-state index contributed by atoms with van der Waals surface area (Å²) in [7, 11) is 2.22. The summed E-state index contributed by atoms with van der Waals surface area (Å²) in [6, 6.07) is 11.4. The van der Waals surface area contributed by atoms with Crippen LogP contribution < -0.4 is 10.6 Å². The molecule has 6 nitrogen and oxygen atoms in total. The number of aliphatic imine (C=N–C) groups is 1. The molecule has 1 aromatic rings. The van der Waals surface area contributed by atoms with Gasteiger partial charge in [0.2, 0.25) is 0 Å². The SMILES string of the molecule is CCNC(=NCC1CCCN1Cc1ccccc1)NCCCCN1CCN(C)CC1.I. The van der Waals surface area contributed by atoms with E-state index in [4.69, 9.17) is 4.99 Å². The van der Waals surface area contributed by atoms with E-state index in [2.05, 4.69) is 69.6 Å². The minimum absolute atomic E-state index is 0. The second kappa shape index (κ2) is 15.0. The lowest BCUT2D eigenvalue weighted by atomic mass is 10.2. The molecule has 0 saturated carbocycles. The average Bonchev–Trinajstić information content (AvgIpc) is 3.20. The topological polar surface area (TPSA) is 46.1 Å².